The highest BCUT2D eigenvalue weighted by Gasteiger charge is 2.67. The lowest BCUT2D eigenvalue weighted by atomic mass is 10.1. The van der Waals surface area contributed by atoms with Gasteiger partial charge in [-0.2, -0.15) is 13.2 Å². The second kappa shape index (κ2) is 9.07. The fourth-order valence-electron chi connectivity index (χ4n) is 2.50. The van der Waals surface area contributed by atoms with Gasteiger partial charge in [-0.15, -0.1) is 0 Å². The zero-order valence-corrected chi connectivity index (χ0v) is 15.7. The van der Waals surface area contributed by atoms with Crippen molar-refractivity contribution >= 4 is 23.5 Å². The number of rotatable bonds is 7. The maximum absolute atomic E-state index is 14.0. The third-order valence-corrected chi connectivity index (χ3v) is 4.35. The number of halogens is 4. The number of hydrogen-bond acceptors (Lipinski definition) is 3. The number of ether oxygens (including phenoxy) is 1. The van der Waals surface area contributed by atoms with Gasteiger partial charge in [-0.1, -0.05) is 48.0 Å². The van der Waals surface area contributed by atoms with Crippen LogP contribution in [0.4, 0.5) is 13.2 Å². The first-order chi connectivity index (χ1) is 13.2. The highest BCUT2D eigenvalue weighted by atomic mass is 35.5. The molecule has 0 heterocycles. The Balaban J connectivity index is 2.41. The number of esters is 1. The van der Waals surface area contributed by atoms with E-state index >= 15 is 0 Å². The average Bonchev–Trinajstić information content (AvgIpc) is 2.66. The number of carbonyl (C=O) groups is 2. The summed E-state index contributed by atoms with van der Waals surface area (Å²) >= 11 is 6.00. The lowest BCUT2D eigenvalue weighted by Gasteiger charge is -2.31. The van der Waals surface area contributed by atoms with Crippen LogP contribution in [0.25, 0.3) is 0 Å². The van der Waals surface area contributed by atoms with E-state index in [1.165, 1.54) is 43.3 Å². The fourth-order valence-corrected chi connectivity index (χ4v) is 2.71. The zero-order chi connectivity index (χ0) is 20.8. The van der Waals surface area contributed by atoms with Gasteiger partial charge in [-0.3, -0.25) is 10.1 Å². The van der Waals surface area contributed by atoms with Gasteiger partial charge in [0.25, 0.3) is 5.91 Å². The van der Waals surface area contributed by atoms with E-state index in [0.717, 1.165) is 0 Å². The van der Waals surface area contributed by atoms with Crippen LogP contribution in [0.15, 0.2) is 54.6 Å². The van der Waals surface area contributed by atoms with Gasteiger partial charge in [0.15, 0.2) is 0 Å². The van der Waals surface area contributed by atoms with Gasteiger partial charge in [0.2, 0.25) is 0 Å². The minimum absolute atomic E-state index is 0.0217. The molecule has 2 aromatic carbocycles. The third kappa shape index (κ3) is 4.82. The van der Waals surface area contributed by atoms with Crippen LogP contribution >= 0.6 is 11.6 Å². The molecule has 0 aliphatic rings. The summed E-state index contributed by atoms with van der Waals surface area (Å²) in [5.41, 5.74) is -2.97. The Morgan fingerprint density at radius 3 is 2.25 bits per heavy atom. The van der Waals surface area contributed by atoms with Gasteiger partial charge in [-0.05, 0) is 25.1 Å². The number of nitrogens with one attached hydrogen (secondary N) is 1. The van der Waals surface area contributed by atoms with Gasteiger partial charge in [-0.25, -0.2) is 4.79 Å². The molecule has 9 heteroatoms. The number of hydrogen-bond donors (Lipinski definition) is 2. The van der Waals surface area contributed by atoms with Gasteiger partial charge < -0.3 is 10.1 Å². The molecule has 3 N–H and O–H groups in total. The standard InChI is InChI=1S/C19H18ClF3N2O3/c1-2-28-17(27)18(19(21,22)23,24-12-14-10-6-7-11-15(14)20)25-16(26)13-8-4-3-5-9-13/h3-11,24H,2,12H2,1H3,(H,25,26)/p+1/t18-/m0/s1. The molecule has 5 nitrogen and oxygen atoms in total. The molecule has 150 valence electrons. The van der Waals surface area contributed by atoms with Crippen LogP contribution in [-0.4, -0.2) is 30.3 Å². The first-order valence-electron chi connectivity index (χ1n) is 8.40. The molecule has 0 spiro atoms. The van der Waals surface area contributed by atoms with E-state index < -0.39 is 23.7 Å². The minimum Gasteiger partial charge on any atom is -0.460 e. The minimum atomic E-state index is -5.13. The van der Waals surface area contributed by atoms with Crippen molar-refractivity contribution in [3.8, 4) is 0 Å². The van der Waals surface area contributed by atoms with Crippen molar-refractivity contribution in [2.24, 2.45) is 0 Å². The number of quaternary nitrogens is 1. The van der Waals surface area contributed by atoms with Crippen LogP contribution in [0.2, 0.25) is 5.02 Å². The topological polar surface area (TPSA) is 72.0 Å². The summed E-state index contributed by atoms with van der Waals surface area (Å²) in [5, 5.41) is 2.74. The molecular weight excluding hydrogens is 397 g/mol. The summed E-state index contributed by atoms with van der Waals surface area (Å²) in [6.07, 6.45) is -5.13. The summed E-state index contributed by atoms with van der Waals surface area (Å²) in [7, 11) is 0. The Kier molecular flexibility index (Phi) is 7.04. The molecule has 0 aliphatic heterocycles. The molecule has 0 aromatic heterocycles. The van der Waals surface area contributed by atoms with Crippen molar-refractivity contribution in [1.82, 2.24) is 5.32 Å². The number of benzene rings is 2. The maximum atomic E-state index is 14.0. The van der Waals surface area contributed by atoms with E-state index in [2.05, 4.69) is 4.74 Å². The summed E-state index contributed by atoms with van der Waals surface area (Å²) < 4.78 is 46.8. The van der Waals surface area contributed by atoms with Crippen LogP contribution in [-0.2, 0) is 16.1 Å². The van der Waals surface area contributed by atoms with Crippen LogP contribution in [0.5, 0.6) is 0 Å². The summed E-state index contributed by atoms with van der Waals surface area (Å²) in [4.78, 5) is 24.8. The molecule has 0 radical (unpaired) electrons. The molecule has 0 fully saturated rings. The molecule has 0 saturated carbocycles. The molecule has 0 unspecified atom stereocenters. The molecule has 1 atom stereocenters. The highest BCUT2D eigenvalue weighted by molar-refractivity contribution is 6.31. The molecule has 2 rings (SSSR count). The predicted octanol–water partition coefficient (Wildman–Crippen LogP) is 2.66. The first kappa shape index (κ1) is 21.7. The van der Waals surface area contributed by atoms with Gasteiger partial charge >= 0.3 is 17.8 Å². The Labute approximate surface area is 164 Å². The molecule has 1 amide bonds. The van der Waals surface area contributed by atoms with Gasteiger partial charge in [0.05, 0.1) is 6.61 Å². The number of alkyl halides is 3. The predicted molar refractivity (Wildman–Crippen MR) is 96.4 cm³/mol. The quantitative estimate of drug-likeness (QED) is 0.539. The maximum Gasteiger partial charge on any atom is 0.478 e. The molecule has 0 aliphatic carbocycles. The fraction of sp³-hybridized carbons (Fsp3) is 0.263. The van der Waals surface area contributed by atoms with Crippen molar-refractivity contribution in [3.63, 3.8) is 0 Å². The summed E-state index contributed by atoms with van der Waals surface area (Å²) in [6, 6.07) is 13.6. The van der Waals surface area contributed by atoms with Crippen molar-refractivity contribution in [2.75, 3.05) is 6.61 Å². The number of nitrogens with two attached hydrogens (primary N) is 1. The Morgan fingerprint density at radius 1 is 1.07 bits per heavy atom. The van der Waals surface area contributed by atoms with Crippen molar-refractivity contribution in [3.05, 3.63) is 70.7 Å². The van der Waals surface area contributed by atoms with Crippen molar-refractivity contribution < 1.29 is 32.8 Å². The van der Waals surface area contributed by atoms with E-state index in [1.807, 2.05) is 5.32 Å². The van der Waals surface area contributed by atoms with Crippen LogP contribution in [0, 0.1) is 0 Å². The Morgan fingerprint density at radius 2 is 1.68 bits per heavy atom. The van der Waals surface area contributed by atoms with E-state index in [1.54, 1.807) is 18.2 Å². The Hall–Kier alpha value is -2.58. The monoisotopic (exact) mass is 415 g/mol. The molecule has 0 bridgehead atoms. The van der Waals surface area contributed by atoms with Crippen LogP contribution in [0.1, 0.15) is 22.8 Å². The van der Waals surface area contributed by atoms with E-state index in [-0.39, 0.29) is 23.7 Å². The second-order valence-corrected chi connectivity index (χ2v) is 6.25. The lowest BCUT2D eigenvalue weighted by molar-refractivity contribution is -0.757. The second-order valence-electron chi connectivity index (χ2n) is 5.85. The van der Waals surface area contributed by atoms with Crippen molar-refractivity contribution in [1.29, 1.82) is 0 Å². The number of carbonyl (C=O) groups excluding carboxylic acids is 2. The zero-order valence-electron chi connectivity index (χ0n) is 14.9. The molecular formula is C19H19ClF3N2O3+. The van der Waals surface area contributed by atoms with E-state index in [0.29, 0.717) is 10.9 Å². The lowest BCUT2D eigenvalue weighted by Crippen LogP contribution is -3.06. The van der Waals surface area contributed by atoms with E-state index in [4.69, 9.17) is 11.6 Å². The molecule has 28 heavy (non-hydrogen) atoms. The highest BCUT2D eigenvalue weighted by Crippen LogP contribution is 2.27. The van der Waals surface area contributed by atoms with E-state index in [9.17, 15) is 22.8 Å². The Bertz CT molecular complexity index is 831. The SMILES string of the molecule is CCOC(=O)[C@@](NC(=O)c1ccccc1)([NH2+]Cc1ccccc1Cl)C(F)(F)F. The van der Waals surface area contributed by atoms with Gasteiger partial charge in [0.1, 0.15) is 6.54 Å². The normalized spacial score (nSPS) is 13.5. The smallest absolute Gasteiger partial charge is 0.460 e. The number of amides is 1. The molecule has 2 aromatic rings. The first-order valence-corrected chi connectivity index (χ1v) is 8.78. The third-order valence-electron chi connectivity index (χ3n) is 3.98. The summed E-state index contributed by atoms with van der Waals surface area (Å²) in [6.45, 7) is 0.789. The van der Waals surface area contributed by atoms with Crippen LogP contribution < -0.4 is 10.6 Å². The van der Waals surface area contributed by atoms with Gasteiger partial charge in [0, 0.05) is 16.1 Å². The summed E-state index contributed by atoms with van der Waals surface area (Å²) in [5.74, 6) is -2.67. The molecule has 0 saturated heterocycles. The van der Waals surface area contributed by atoms with Crippen LogP contribution in [0.3, 0.4) is 0 Å². The van der Waals surface area contributed by atoms with Crippen molar-refractivity contribution in [2.45, 2.75) is 25.3 Å². The average molecular weight is 416 g/mol. The largest absolute Gasteiger partial charge is 0.478 e.